The Bertz CT molecular complexity index is 1220. The summed E-state index contributed by atoms with van der Waals surface area (Å²) >= 11 is 0. The van der Waals surface area contributed by atoms with Gasteiger partial charge in [-0.25, -0.2) is 9.37 Å². The van der Waals surface area contributed by atoms with Gasteiger partial charge in [0.05, 0.1) is 12.2 Å². The Morgan fingerprint density at radius 2 is 2.03 bits per heavy atom. The van der Waals surface area contributed by atoms with Crippen molar-refractivity contribution >= 4 is 11.7 Å². The molecule has 0 aromatic carbocycles. The van der Waals surface area contributed by atoms with E-state index >= 15 is 0 Å². The van der Waals surface area contributed by atoms with Gasteiger partial charge in [0.25, 0.3) is 5.91 Å². The summed E-state index contributed by atoms with van der Waals surface area (Å²) in [4.78, 5) is 24.4. The molecular formula is C23H26FN7O. The van der Waals surface area contributed by atoms with Crippen LogP contribution in [-0.4, -0.2) is 37.7 Å². The molecule has 32 heavy (non-hydrogen) atoms. The quantitative estimate of drug-likeness (QED) is 0.639. The summed E-state index contributed by atoms with van der Waals surface area (Å²) in [6.45, 7) is 7.03. The van der Waals surface area contributed by atoms with Gasteiger partial charge < -0.3 is 9.88 Å². The minimum Gasteiger partial charge on any atom is -0.314 e. The van der Waals surface area contributed by atoms with Gasteiger partial charge in [0.2, 0.25) is 0 Å². The average molecular weight is 436 g/mol. The molecule has 0 radical (unpaired) electrons. The zero-order valence-corrected chi connectivity index (χ0v) is 18.7. The van der Waals surface area contributed by atoms with E-state index in [1.54, 1.807) is 15.8 Å². The summed E-state index contributed by atoms with van der Waals surface area (Å²) in [6, 6.07) is 4.84. The lowest BCUT2D eigenvalue weighted by Crippen LogP contribution is -2.24. The molecule has 1 aliphatic heterocycles. The van der Waals surface area contributed by atoms with Gasteiger partial charge in [-0.15, -0.1) is 10.2 Å². The van der Waals surface area contributed by atoms with Gasteiger partial charge in [-0.2, -0.15) is 0 Å². The van der Waals surface area contributed by atoms with Crippen LogP contribution in [0.5, 0.6) is 0 Å². The van der Waals surface area contributed by atoms with Crippen LogP contribution in [0.2, 0.25) is 0 Å². The van der Waals surface area contributed by atoms with Crippen molar-refractivity contribution in [2.45, 2.75) is 58.2 Å². The Labute approximate surface area is 185 Å². The van der Waals surface area contributed by atoms with E-state index in [0.29, 0.717) is 30.3 Å². The summed E-state index contributed by atoms with van der Waals surface area (Å²) in [6.07, 6.45) is 3.71. The van der Waals surface area contributed by atoms with Crippen LogP contribution in [0.1, 0.15) is 67.0 Å². The Hall–Kier alpha value is -3.20. The summed E-state index contributed by atoms with van der Waals surface area (Å²) in [7, 11) is 1.87. The number of aromatic nitrogens is 5. The first-order valence-electron chi connectivity index (χ1n) is 10.9. The Morgan fingerprint density at radius 1 is 1.25 bits per heavy atom. The van der Waals surface area contributed by atoms with Crippen molar-refractivity contribution in [3.63, 3.8) is 0 Å². The van der Waals surface area contributed by atoms with Crippen molar-refractivity contribution in [1.29, 1.82) is 0 Å². The molecule has 5 rings (SSSR count). The molecule has 3 aromatic rings. The average Bonchev–Trinajstić information content (AvgIpc) is 3.19. The number of fused-ring (bicyclic) bond motifs is 1. The van der Waals surface area contributed by atoms with Crippen LogP contribution < -0.4 is 10.2 Å². The van der Waals surface area contributed by atoms with E-state index < -0.39 is 5.82 Å². The van der Waals surface area contributed by atoms with Gasteiger partial charge in [0.1, 0.15) is 17.8 Å². The minimum absolute atomic E-state index is 0.0416. The van der Waals surface area contributed by atoms with Crippen molar-refractivity contribution < 1.29 is 9.18 Å². The summed E-state index contributed by atoms with van der Waals surface area (Å²) in [5, 5.41) is 11.1. The molecule has 0 saturated heterocycles. The highest BCUT2D eigenvalue weighted by Gasteiger charge is 2.43. The Morgan fingerprint density at radius 3 is 2.72 bits per heavy atom. The molecule has 1 aliphatic carbocycles. The van der Waals surface area contributed by atoms with Crippen LogP contribution in [-0.2, 0) is 18.5 Å². The minimum atomic E-state index is -0.505. The number of amides is 1. The molecule has 2 aliphatic rings. The first-order valence-corrected chi connectivity index (χ1v) is 10.9. The van der Waals surface area contributed by atoms with E-state index in [4.69, 9.17) is 4.98 Å². The van der Waals surface area contributed by atoms with Crippen molar-refractivity contribution in [2.24, 2.45) is 0 Å². The molecule has 0 atom stereocenters. The third-order valence-corrected chi connectivity index (χ3v) is 6.41. The van der Waals surface area contributed by atoms with Gasteiger partial charge in [-0.05, 0) is 51.9 Å². The number of nitrogens with one attached hydrogen (secondary N) is 1. The Balaban J connectivity index is 1.55. The van der Waals surface area contributed by atoms with E-state index in [2.05, 4.69) is 27.4 Å². The topological polar surface area (TPSA) is 88.8 Å². The SMILES string of the molecule is CNCc1nc(C2(C)CC2)cc2c1CN(c1ccc(F)c(-c3nncn3C(C)C)n1)C2=O. The van der Waals surface area contributed by atoms with Crippen molar-refractivity contribution in [3.05, 3.63) is 52.9 Å². The first kappa shape index (κ1) is 20.7. The highest BCUT2D eigenvalue weighted by Crippen LogP contribution is 2.47. The third-order valence-electron chi connectivity index (χ3n) is 6.41. The summed E-state index contributed by atoms with van der Waals surface area (Å²) < 4.78 is 16.5. The van der Waals surface area contributed by atoms with Crippen molar-refractivity contribution in [1.82, 2.24) is 30.0 Å². The second kappa shape index (κ2) is 7.44. The molecule has 1 N–H and O–H groups in total. The van der Waals surface area contributed by atoms with Crippen LogP contribution >= 0.6 is 0 Å². The predicted octanol–water partition coefficient (Wildman–Crippen LogP) is 3.39. The fraction of sp³-hybridized carbons (Fsp3) is 0.435. The van der Waals surface area contributed by atoms with Gasteiger partial charge in [-0.3, -0.25) is 14.7 Å². The number of hydrogen-bond acceptors (Lipinski definition) is 6. The second-order valence-corrected chi connectivity index (χ2v) is 9.12. The van der Waals surface area contributed by atoms with Gasteiger partial charge in [0.15, 0.2) is 11.6 Å². The van der Waals surface area contributed by atoms with Crippen LogP contribution in [0.4, 0.5) is 10.2 Å². The van der Waals surface area contributed by atoms with Gasteiger partial charge in [0, 0.05) is 34.8 Å². The molecular weight excluding hydrogens is 409 g/mol. The Kier molecular flexibility index (Phi) is 4.81. The van der Waals surface area contributed by atoms with Gasteiger partial charge >= 0.3 is 0 Å². The van der Waals surface area contributed by atoms with Crippen LogP contribution in [0.25, 0.3) is 11.5 Å². The van der Waals surface area contributed by atoms with E-state index in [0.717, 1.165) is 29.8 Å². The number of anilines is 1. The highest BCUT2D eigenvalue weighted by molar-refractivity contribution is 6.09. The molecule has 166 valence electrons. The lowest BCUT2D eigenvalue weighted by molar-refractivity contribution is 0.0995. The van der Waals surface area contributed by atoms with Crippen LogP contribution in [0.3, 0.4) is 0 Å². The maximum absolute atomic E-state index is 14.7. The first-order chi connectivity index (χ1) is 15.3. The van der Waals surface area contributed by atoms with E-state index in [1.165, 1.54) is 12.1 Å². The number of rotatable bonds is 6. The zero-order valence-electron chi connectivity index (χ0n) is 18.7. The maximum atomic E-state index is 14.7. The van der Waals surface area contributed by atoms with E-state index in [9.17, 15) is 9.18 Å². The number of hydrogen-bond donors (Lipinski definition) is 1. The molecule has 8 nitrogen and oxygen atoms in total. The lowest BCUT2D eigenvalue weighted by Gasteiger charge is -2.16. The normalized spacial score (nSPS) is 16.7. The fourth-order valence-corrected chi connectivity index (χ4v) is 4.15. The standard InChI is InChI=1S/C23H26FN7O/c1-13(2)31-12-26-29-21(31)20-16(24)5-6-19(28-20)30-11-15-14(22(30)32)9-18(23(3)7-8-23)27-17(15)10-25-4/h5-6,9,12-13,25H,7-8,10-11H2,1-4H3. The number of carbonyl (C=O) groups is 1. The number of nitrogens with zero attached hydrogens (tertiary/aromatic N) is 6. The van der Waals surface area contributed by atoms with Crippen molar-refractivity contribution in [2.75, 3.05) is 11.9 Å². The molecule has 3 aromatic heterocycles. The molecule has 1 saturated carbocycles. The fourth-order valence-electron chi connectivity index (χ4n) is 4.15. The molecule has 9 heteroatoms. The van der Waals surface area contributed by atoms with Crippen LogP contribution in [0, 0.1) is 5.82 Å². The van der Waals surface area contributed by atoms with Crippen LogP contribution in [0.15, 0.2) is 24.5 Å². The zero-order chi connectivity index (χ0) is 22.6. The molecule has 0 unspecified atom stereocenters. The number of carbonyl (C=O) groups excluding carboxylic acids is 1. The molecule has 0 bridgehead atoms. The largest absolute Gasteiger partial charge is 0.314 e. The summed E-state index contributed by atoms with van der Waals surface area (Å²) in [5.74, 6) is 0.0791. The lowest BCUT2D eigenvalue weighted by atomic mass is 9.99. The molecule has 1 fully saturated rings. The molecule has 4 heterocycles. The molecule has 1 amide bonds. The van der Waals surface area contributed by atoms with Gasteiger partial charge in [-0.1, -0.05) is 6.92 Å². The maximum Gasteiger partial charge on any atom is 0.260 e. The predicted molar refractivity (Wildman–Crippen MR) is 118 cm³/mol. The molecule has 0 spiro atoms. The second-order valence-electron chi connectivity index (χ2n) is 9.12. The van der Waals surface area contributed by atoms with E-state index in [-0.39, 0.29) is 23.1 Å². The highest BCUT2D eigenvalue weighted by atomic mass is 19.1. The smallest absolute Gasteiger partial charge is 0.260 e. The third kappa shape index (κ3) is 3.28. The van der Waals surface area contributed by atoms with Crippen molar-refractivity contribution in [3.8, 4) is 11.5 Å². The summed E-state index contributed by atoms with van der Waals surface area (Å²) in [5.41, 5.74) is 3.53. The van der Waals surface area contributed by atoms with E-state index in [1.807, 2.05) is 27.0 Å². The number of halogens is 1. The monoisotopic (exact) mass is 435 g/mol. The number of pyridine rings is 2.